The van der Waals surface area contributed by atoms with E-state index in [1.807, 2.05) is 36.7 Å². The van der Waals surface area contributed by atoms with E-state index in [1.54, 1.807) is 18.6 Å². The lowest BCUT2D eigenvalue weighted by atomic mass is 10.1. The van der Waals surface area contributed by atoms with E-state index in [-0.39, 0.29) is 17.7 Å². The van der Waals surface area contributed by atoms with Crippen molar-refractivity contribution in [2.24, 2.45) is 5.92 Å². The van der Waals surface area contributed by atoms with E-state index in [9.17, 15) is 4.79 Å². The lowest BCUT2D eigenvalue weighted by Gasteiger charge is -2.10. The third kappa shape index (κ3) is 3.31. The second-order valence-corrected chi connectivity index (χ2v) is 7.93. The molecule has 144 valence electrons. The quantitative estimate of drug-likeness (QED) is 0.538. The largest absolute Gasteiger partial charge is 0.383 e. The molecule has 0 spiro atoms. The summed E-state index contributed by atoms with van der Waals surface area (Å²) in [4.78, 5) is 25.6. The van der Waals surface area contributed by atoms with E-state index in [4.69, 9.17) is 5.73 Å². The number of hydrogen-bond donors (Lipinski definition) is 2. The van der Waals surface area contributed by atoms with Crippen molar-refractivity contribution in [1.29, 1.82) is 0 Å². The Balaban J connectivity index is 1.42. The molecule has 7 nitrogen and oxygen atoms in total. The zero-order chi connectivity index (χ0) is 20.0. The molecule has 3 N–H and O–H groups in total. The molecule has 4 heterocycles. The third-order valence-electron chi connectivity index (χ3n) is 5.32. The summed E-state index contributed by atoms with van der Waals surface area (Å²) in [5.74, 6) is 1.13. The van der Waals surface area contributed by atoms with Gasteiger partial charge in [0.1, 0.15) is 11.6 Å². The summed E-state index contributed by atoms with van der Waals surface area (Å²) < 4.78 is 4.12. The molecular formula is C21H18N6OS. The van der Waals surface area contributed by atoms with E-state index < -0.39 is 0 Å². The summed E-state index contributed by atoms with van der Waals surface area (Å²) >= 11 is 1.41. The second-order valence-electron chi connectivity index (χ2n) is 7.27. The van der Waals surface area contributed by atoms with Gasteiger partial charge < -0.3 is 11.1 Å². The SMILES string of the molecule is Cc1ccncc1-c1cc2cc(NC(=O)[C@@H]3C[C@H]3c3cnsc3)ncc2c(N)n1. The molecule has 1 amide bonds. The second kappa shape index (κ2) is 6.89. The number of carbonyl (C=O) groups is 1. The number of nitrogen functional groups attached to an aromatic ring is 1. The third-order valence-corrected chi connectivity index (χ3v) is 5.92. The number of aryl methyl sites for hydroxylation is 1. The van der Waals surface area contributed by atoms with Gasteiger partial charge in [0.2, 0.25) is 5.91 Å². The van der Waals surface area contributed by atoms with Crippen LogP contribution in [0.15, 0.2) is 48.4 Å². The van der Waals surface area contributed by atoms with E-state index in [0.717, 1.165) is 39.6 Å². The number of nitrogens with two attached hydrogens (primary N) is 1. The van der Waals surface area contributed by atoms with Crippen LogP contribution in [0.2, 0.25) is 0 Å². The Hall–Kier alpha value is -3.39. The Morgan fingerprint density at radius 2 is 2.17 bits per heavy atom. The smallest absolute Gasteiger partial charge is 0.229 e. The van der Waals surface area contributed by atoms with Gasteiger partial charge in [-0.2, -0.15) is 0 Å². The lowest BCUT2D eigenvalue weighted by molar-refractivity contribution is -0.117. The van der Waals surface area contributed by atoms with Crippen LogP contribution in [0.5, 0.6) is 0 Å². The number of nitrogens with zero attached hydrogens (tertiary/aromatic N) is 4. The van der Waals surface area contributed by atoms with Crippen LogP contribution >= 0.6 is 11.5 Å². The number of aromatic nitrogens is 4. The summed E-state index contributed by atoms with van der Waals surface area (Å²) in [6, 6.07) is 5.72. The van der Waals surface area contributed by atoms with Crippen LogP contribution in [0.25, 0.3) is 22.0 Å². The number of anilines is 2. The zero-order valence-electron chi connectivity index (χ0n) is 15.7. The fraction of sp³-hybridized carbons (Fsp3) is 0.190. The standard InChI is InChI=1S/C21H18N6OS/c1-11-2-3-23-8-16(11)18-4-12-5-19(24-9-17(12)20(22)26-18)27-21(28)15-6-14(15)13-7-25-29-10-13/h2-5,7-10,14-15H,6H2,1H3,(H2,22,26)(H,24,27,28)/t14-,15+/m0/s1. The van der Waals surface area contributed by atoms with Crippen LogP contribution in [0, 0.1) is 12.8 Å². The molecule has 0 saturated heterocycles. The van der Waals surface area contributed by atoms with Gasteiger partial charge in [0.15, 0.2) is 0 Å². The summed E-state index contributed by atoms with van der Waals surface area (Å²) in [7, 11) is 0. The van der Waals surface area contributed by atoms with Crippen molar-refractivity contribution in [2.45, 2.75) is 19.3 Å². The summed E-state index contributed by atoms with van der Waals surface area (Å²) in [5.41, 5.74) is 10.0. The van der Waals surface area contributed by atoms with Crippen LogP contribution in [0.3, 0.4) is 0 Å². The van der Waals surface area contributed by atoms with Crippen LogP contribution in [-0.4, -0.2) is 25.2 Å². The predicted octanol–water partition coefficient (Wildman–Crippen LogP) is 3.78. The molecular weight excluding hydrogens is 384 g/mol. The molecule has 29 heavy (non-hydrogen) atoms. The number of rotatable bonds is 4. The van der Waals surface area contributed by atoms with E-state index in [0.29, 0.717) is 11.6 Å². The minimum absolute atomic E-state index is 0.0154. The predicted molar refractivity (Wildman–Crippen MR) is 114 cm³/mol. The molecule has 4 aromatic heterocycles. The maximum atomic E-state index is 12.6. The Labute approximate surface area is 171 Å². The average Bonchev–Trinajstić information content (AvgIpc) is 3.33. The number of fused-ring (bicyclic) bond motifs is 1. The Kier molecular flexibility index (Phi) is 4.21. The van der Waals surface area contributed by atoms with E-state index in [1.165, 1.54) is 11.5 Å². The molecule has 8 heteroatoms. The Morgan fingerprint density at radius 3 is 2.97 bits per heavy atom. The van der Waals surface area contributed by atoms with Crippen LogP contribution in [0.4, 0.5) is 11.6 Å². The van der Waals surface area contributed by atoms with Crippen molar-refractivity contribution in [2.75, 3.05) is 11.1 Å². The molecule has 0 aliphatic heterocycles. The van der Waals surface area contributed by atoms with Crippen molar-refractivity contribution >= 4 is 39.8 Å². The maximum Gasteiger partial charge on any atom is 0.229 e. The first kappa shape index (κ1) is 17.7. The normalized spacial score (nSPS) is 18.0. The van der Waals surface area contributed by atoms with Crippen molar-refractivity contribution in [1.82, 2.24) is 19.3 Å². The highest BCUT2D eigenvalue weighted by Gasteiger charge is 2.44. The molecule has 2 atom stereocenters. The van der Waals surface area contributed by atoms with Gasteiger partial charge >= 0.3 is 0 Å². The topological polar surface area (TPSA) is 107 Å². The van der Waals surface area contributed by atoms with Gasteiger partial charge in [-0.1, -0.05) is 0 Å². The first-order valence-electron chi connectivity index (χ1n) is 9.27. The summed E-state index contributed by atoms with van der Waals surface area (Å²) in [6.45, 7) is 2.01. The fourth-order valence-corrected chi connectivity index (χ4v) is 4.18. The van der Waals surface area contributed by atoms with E-state index >= 15 is 0 Å². The van der Waals surface area contributed by atoms with Crippen LogP contribution < -0.4 is 11.1 Å². The molecule has 1 aliphatic carbocycles. The number of amides is 1. The molecule has 4 aromatic rings. The Morgan fingerprint density at radius 1 is 1.28 bits per heavy atom. The van der Waals surface area contributed by atoms with Crippen LogP contribution in [0.1, 0.15) is 23.5 Å². The summed E-state index contributed by atoms with van der Waals surface area (Å²) in [5, 5.41) is 6.56. The molecule has 1 aliphatic rings. The first-order chi connectivity index (χ1) is 14.1. The highest BCUT2D eigenvalue weighted by atomic mass is 32.1. The average molecular weight is 402 g/mol. The van der Waals surface area contributed by atoms with Crippen molar-refractivity contribution < 1.29 is 4.79 Å². The van der Waals surface area contributed by atoms with Gasteiger partial charge in [-0.25, -0.2) is 14.3 Å². The highest BCUT2D eigenvalue weighted by Crippen LogP contribution is 2.48. The molecule has 0 unspecified atom stereocenters. The zero-order valence-corrected chi connectivity index (χ0v) is 16.5. The molecule has 1 fully saturated rings. The van der Waals surface area contributed by atoms with Gasteiger partial charge in [-0.05, 0) is 65.5 Å². The van der Waals surface area contributed by atoms with Gasteiger partial charge in [-0.15, -0.1) is 0 Å². The molecule has 0 bridgehead atoms. The van der Waals surface area contributed by atoms with Crippen LogP contribution in [-0.2, 0) is 4.79 Å². The maximum absolute atomic E-state index is 12.6. The first-order valence-corrected chi connectivity index (χ1v) is 10.1. The van der Waals surface area contributed by atoms with Gasteiger partial charge in [-0.3, -0.25) is 9.78 Å². The number of hydrogen-bond acceptors (Lipinski definition) is 7. The molecule has 0 radical (unpaired) electrons. The summed E-state index contributed by atoms with van der Waals surface area (Å²) in [6.07, 6.45) is 7.87. The minimum atomic E-state index is -0.0278. The highest BCUT2D eigenvalue weighted by molar-refractivity contribution is 7.03. The Bertz CT molecular complexity index is 1220. The monoisotopic (exact) mass is 402 g/mol. The molecule has 5 rings (SSSR count). The lowest BCUT2D eigenvalue weighted by Crippen LogP contribution is -2.15. The number of carbonyl (C=O) groups excluding carboxylic acids is 1. The minimum Gasteiger partial charge on any atom is -0.383 e. The fourth-order valence-electron chi connectivity index (χ4n) is 3.58. The van der Waals surface area contributed by atoms with Crippen molar-refractivity contribution in [3.63, 3.8) is 0 Å². The van der Waals surface area contributed by atoms with E-state index in [2.05, 4.69) is 24.6 Å². The molecule has 0 aromatic carbocycles. The number of pyridine rings is 3. The molecule has 1 saturated carbocycles. The van der Waals surface area contributed by atoms with Gasteiger partial charge in [0.05, 0.1) is 5.69 Å². The number of nitrogens with one attached hydrogen (secondary N) is 1. The van der Waals surface area contributed by atoms with Crippen molar-refractivity contribution in [3.05, 3.63) is 59.5 Å². The van der Waals surface area contributed by atoms with Crippen molar-refractivity contribution in [3.8, 4) is 11.3 Å². The van der Waals surface area contributed by atoms with Gasteiger partial charge in [0.25, 0.3) is 0 Å². The van der Waals surface area contributed by atoms with Gasteiger partial charge in [0, 0.05) is 47.0 Å².